The van der Waals surface area contributed by atoms with Crippen molar-refractivity contribution in [1.82, 2.24) is 4.98 Å². The topological polar surface area (TPSA) is 127 Å². The lowest BCUT2D eigenvalue weighted by atomic mass is 10.1. The predicted molar refractivity (Wildman–Crippen MR) is 155 cm³/mol. The van der Waals surface area contributed by atoms with Gasteiger partial charge in [0.15, 0.2) is 12.4 Å². The first-order chi connectivity index (χ1) is 20.4. The zero-order chi connectivity index (χ0) is 29.6. The number of aromatic nitrogens is 1. The summed E-state index contributed by atoms with van der Waals surface area (Å²) in [6.07, 6.45) is -0.0830. The van der Waals surface area contributed by atoms with E-state index < -0.39 is 29.6 Å². The van der Waals surface area contributed by atoms with Gasteiger partial charge in [-0.1, -0.05) is 54.2 Å². The molecule has 0 aliphatic carbocycles. The van der Waals surface area contributed by atoms with Crippen molar-refractivity contribution in [3.8, 4) is 23.1 Å². The Labute approximate surface area is 245 Å². The van der Waals surface area contributed by atoms with Crippen LogP contribution in [0.15, 0.2) is 96.0 Å². The number of hydrogen-bond acceptors (Lipinski definition) is 9. The van der Waals surface area contributed by atoms with E-state index in [0.717, 1.165) is 22.2 Å². The van der Waals surface area contributed by atoms with Crippen LogP contribution in [0.3, 0.4) is 0 Å². The van der Waals surface area contributed by atoms with Crippen LogP contribution in [0.25, 0.3) is 11.3 Å². The molecule has 0 bridgehead atoms. The Hall–Kier alpha value is -5.27. The van der Waals surface area contributed by atoms with Gasteiger partial charge in [0.1, 0.15) is 16.8 Å². The lowest BCUT2D eigenvalue weighted by molar-refractivity contribution is -0.121. The fourth-order valence-electron chi connectivity index (χ4n) is 4.39. The molecule has 0 spiro atoms. The molecule has 0 N–H and O–H groups in total. The average molecular weight is 578 g/mol. The minimum atomic E-state index is -0.793. The fraction of sp³-hybridized carbons (Fsp3) is 0.125. The second-order valence-corrected chi connectivity index (χ2v) is 10.3. The number of carbonyl (C=O) groups is 4. The van der Waals surface area contributed by atoms with Crippen molar-refractivity contribution >= 4 is 41.0 Å². The summed E-state index contributed by atoms with van der Waals surface area (Å²) in [4.78, 5) is 56.6. The van der Waals surface area contributed by atoms with Crippen molar-refractivity contribution in [2.75, 3.05) is 18.6 Å². The number of Topliss-reactive ketones (excluding diaryl/α,β-unsaturated/α-hetero) is 1. The van der Waals surface area contributed by atoms with Gasteiger partial charge in [0, 0.05) is 17.5 Å². The van der Waals surface area contributed by atoms with Crippen LogP contribution in [0.2, 0.25) is 0 Å². The zero-order valence-corrected chi connectivity index (χ0v) is 23.2. The maximum Gasteiger partial charge on any atom is 0.338 e. The Kier molecular flexibility index (Phi) is 8.41. The van der Waals surface area contributed by atoms with E-state index in [-0.39, 0.29) is 23.3 Å². The number of pyridine rings is 1. The number of rotatable bonds is 9. The molecule has 42 heavy (non-hydrogen) atoms. The molecule has 1 aromatic heterocycles. The van der Waals surface area contributed by atoms with E-state index in [9.17, 15) is 24.4 Å². The van der Waals surface area contributed by atoms with Crippen molar-refractivity contribution < 1.29 is 28.7 Å². The molecule has 1 unspecified atom stereocenters. The number of thioether (sulfide) groups is 1. The molecule has 0 radical (unpaired) electrons. The monoisotopic (exact) mass is 577 g/mol. The predicted octanol–water partition coefficient (Wildman–Crippen LogP) is 5.09. The Bertz CT molecular complexity index is 1720. The summed E-state index contributed by atoms with van der Waals surface area (Å²) in [7, 11) is 1.55. The van der Waals surface area contributed by atoms with Gasteiger partial charge in [-0.2, -0.15) is 5.26 Å². The quantitative estimate of drug-likeness (QED) is 0.152. The van der Waals surface area contributed by atoms with Crippen LogP contribution in [0, 0.1) is 11.3 Å². The van der Waals surface area contributed by atoms with E-state index in [2.05, 4.69) is 11.1 Å². The second kappa shape index (κ2) is 12.5. The molecule has 2 heterocycles. The Balaban J connectivity index is 1.28. The van der Waals surface area contributed by atoms with Crippen LogP contribution in [-0.2, 0) is 14.3 Å². The maximum absolute atomic E-state index is 13.3. The third-order valence-electron chi connectivity index (χ3n) is 6.51. The van der Waals surface area contributed by atoms with Gasteiger partial charge >= 0.3 is 5.97 Å². The molecule has 3 aromatic carbocycles. The molecule has 1 fully saturated rings. The summed E-state index contributed by atoms with van der Waals surface area (Å²) in [6, 6.07) is 27.0. The van der Waals surface area contributed by atoms with Crippen LogP contribution in [0.1, 0.15) is 32.7 Å². The lowest BCUT2D eigenvalue weighted by Gasteiger charge is -2.16. The summed E-state index contributed by atoms with van der Waals surface area (Å²) >= 11 is 1.06. The lowest BCUT2D eigenvalue weighted by Crippen LogP contribution is -2.31. The van der Waals surface area contributed by atoms with Gasteiger partial charge < -0.3 is 9.47 Å². The van der Waals surface area contributed by atoms with Gasteiger partial charge in [-0.25, -0.2) is 14.7 Å². The number of nitriles is 1. The van der Waals surface area contributed by atoms with Crippen molar-refractivity contribution in [3.63, 3.8) is 0 Å². The Morgan fingerprint density at radius 1 is 0.952 bits per heavy atom. The van der Waals surface area contributed by atoms with E-state index >= 15 is 0 Å². The molecular weight excluding hydrogens is 554 g/mol. The molecule has 1 aliphatic rings. The van der Waals surface area contributed by atoms with Gasteiger partial charge in [-0.15, -0.1) is 0 Å². The molecule has 5 rings (SSSR count). The number of ether oxygens (including phenoxy) is 2. The summed E-state index contributed by atoms with van der Waals surface area (Å²) in [6.45, 7) is -0.413. The molecule has 4 aromatic rings. The van der Waals surface area contributed by atoms with Crippen molar-refractivity contribution in [1.29, 1.82) is 5.26 Å². The minimum Gasteiger partial charge on any atom is -0.496 e. The number of ketones is 1. The normalized spacial score (nSPS) is 14.4. The Morgan fingerprint density at radius 2 is 1.67 bits per heavy atom. The van der Waals surface area contributed by atoms with Crippen LogP contribution in [-0.4, -0.2) is 47.5 Å². The number of para-hydroxylation sites is 1. The highest BCUT2D eigenvalue weighted by molar-refractivity contribution is 8.00. The molecule has 1 aliphatic heterocycles. The molecule has 208 valence electrons. The van der Waals surface area contributed by atoms with E-state index in [1.165, 1.54) is 24.3 Å². The molecule has 10 heteroatoms. The van der Waals surface area contributed by atoms with Crippen LogP contribution >= 0.6 is 11.8 Å². The summed E-state index contributed by atoms with van der Waals surface area (Å²) in [5.41, 5.74) is 2.47. The van der Waals surface area contributed by atoms with Gasteiger partial charge in [-0.05, 0) is 48.5 Å². The third kappa shape index (κ3) is 5.92. The minimum absolute atomic E-state index is 0.0830. The third-order valence-corrected chi connectivity index (χ3v) is 7.70. The molecular formula is C32H23N3O6S. The zero-order valence-electron chi connectivity index (χ0n) is 22.4. The standard InChI is InChI=1S/C32H23N3O6S/c1-40-27-10-6-5-9-24(27)25-16-13-22(18-33)30(34-25)42-28-17-29(37)35(31(28)38)23-14-11-21(12-15-23)32(39)41-19-26(36)20-7-3-2-4-8-20/h2-16,28H,17,19H2,1H3. The van der Waals surface area contributed by atoms with E-state index in [1.807, 2.05) is 18.2 Å². The molecule has 1 atom stereocenters. The first kappa shape index (κ1) is 28.3. The highest BCUT2D eigenvalue weighted by atomic mass is 32.2. The SMILES string of the molecule is COc1ccccc1-c1ccc(C#N)c(SC2CC(=O)N(c3ccc(C(=O)OCC(=O)c4ccccc4)cc3)C2=O)n1. The van der Waals surface area contributed by atoms with Gasteiger partial charge in [0.25, 0.3) is 0 Å². The largest absolute Gasteiger partial charge is 0.496 e. The highest BCUT2D eigenvalue weighted by Gasteiger charge is 2.41. The number of hydrogen-bond donors (Lipinski definition) is 0. The van der Waals surface area contributed by atoms with E-state index in [1.54, 1.807) is 55.6 Å². The van der Waals surface area contributed by atoms with Crippen molar-refractivity contribution in [3.05, 3.63) is 108 Å². The van der Waals surface area contributed by atoms with Gasteiger partial charge in [0.05, 0.1) is 34.9 Å². The summed E-state index contributed by atoms with van der Waals surface area (Å²) in [5.74, 6) is -1.30. The number of amides is 2. The number of esters is 1. The summed E-state index contributed by atoms with van der Waals surface area (Å²) < 4.78 is 10.6. The van der Waals surface area contributed by atoms with Gasteiger partial charge in [0.2, 0.25) is 11.8 Å². The smallest absolute Gasteiger partial charge is 0.338 e. The fourth-order valence-corrected chi connectivity index (χ4v) is 5.49. The number of imide groups is 1. The van der Waals surface area contributed by atoms with E-state index in [0.29, 0.717) is 27.7 Å². The number of nitrogens with zero attached hydrogens (tertiary/aromatic N) is 3. The first-order valence-corrected chi connectivity index (χ1v) is 13.7. The number of benzene rings is 3. The van der Waals surface area contributed by atoms with Crippen molar-refractivity contribution in [2.24, 2.45) is 0 Å². The van der Waals surface area contributed by atoms with Crippen LogP contribution in [0.4, 0.5) is 5.69 Å². The van der Waals surface area contributed by atoms with Gasteiger partial charge in [-0.3, -0.25) is 14.4 Å². The first-order valence-electron chi connectivity index (χ1n) is 12.8. The molecule has 9 nitrogen and oxygen atoms in total. The summed E-state index contributed by atoms with van der Waals surface area (Å²) in [5, 5.41) is 9.19. The van der Waals surface area contributed by atoms with Crippen LogP contribution < -0.4 is 9.64 Å². The van der Waals surface area contributed by atoms with Crippen LogP contribution in [0.5, 0.6) is 5.75 Å². The Morgan fingerprint density at radius 3 is 2.38 bits per heavy atom. The second-order valence-electron chi connectivity index (χ2n) is 9.15. The van der Waals surface area contributed by atoms with E-state index in [4.69, 9.17) is 9.47 Å². The molecule has 2 amide bonds. The number of anilines is 1. The average Bonchev–Trinajstić information content (AvgIpc) is 3.31. The highest BCUT2D eigenvalue weighted by Crippen LogP contribution is 2.37. The number of carbonyl (C=O) groups excluding carboxylic acids is 4. The van der Waals surface area contributed by atoms with Crippen molar-refractivity contribution in [2.45, 2.75) is 16.7 Å². The molecule has 1 saturated heterocycles. The molecule has 0 saturated carbocycles. The number of methoxy groups -OCH3 is 1. The maximum atomic E-state index is 13.3.